The van der Waals surface area contributed by atoms with Crippen LogP contribution < -0.4 is 10.6 Å². The third kappa shape index (κ3) is 7.96. The van der Waals surface area contributed by atoms with E-state index >= 15 is 0 Å². The average Bonchev–Trinajstić information content (AvgIpc) is 2.92. The first-order valence-corrected chi connectivity index (χ1v) is 14.1. The topological polar surface area (TPSA) is 84.5 Å². The molecule has 0 saturated heterocycles. The lowest BCUT2D eigenvalue weighted by atomic mass is 10.0. The molecule has 0 saturated carbocycles. The summed E-state index contributed by atoms with van der Waals surface area (Å²) in [5.41, 5.74) is 1.61. The zero-order valence-electron chi connectivity index (χ0n) is 23.2. The summed E-state index contributed by atoms with van der Waals surface area (Å²) in [5.74, 6) is -1.22. The number of carbonyl (C=O) groups excluding carboxylic acids is 3. The van der Waals surface area contributed by atoms with Gasteiger partial charge in [0.2, 0.25) is 5.91 Å². The van der Waals surface area contributed by atoms with Gasteiger partial charge in [-0.05, 0) is 75.2 Å². The van der Waals surface area contributed by atoms with Gasteiger partial charge in [0.25, 0.3) is 5.91 Å². The van der Waals surface area contributed by atoms with Crippen LogP contribution in [0.1, 0.15) is 49.5 Å². The van der Waals surface area contributed by atoms with Gasteiger partial charge in [0.15, 0.2) is 0 Å². The van der Waals surface area contributed by atoms with Crippen LogP contribution in [0.3, 0.4) is 0 Å². The Balaban J connectivity index is 1.55. The number of esters is 1. The Morgan fingerprint density at radius 2 is 1.52 bits per heavy atom. The third-order valence-electron chi connectivity index (χ3n) is 6.11. The van der Waals surface area contributed by atoms with E-state index in [4.69, 9.17) is 4.74 Å². The maximum atomic E-state index is 13.6. The lowest BCUT2D eigenvalue weighted by Crippen LogP contribution is -2.44. The molecule has 2 N–H and O–H groups in total. The quantitative estimate of drug-likeness (QED) is 0.215. The number of fused-ring (bicyclic) bond motifs is 1. The number of benzene rings is 4. The van der Waals surface area contributed by atoms with Crippen LogP contribution in [0, 0.1) is 6.92 Å². The van der Waals surface area contributed by atoms with E-state index in [0.29, 0.717) is 11.3 Å². The lowest BCUT2D eigenvalue weighted by molar-refractivity contribution is -0.155. The van der Waals surface area contributed by atoms with E-state index in [1.165, 1.54) is 17.3 Å². The van der Waals surface area contributed by atoms with Crippen molar-refractivity contribution in [3.05, 3.63) is 102 Å². The molecular formula is C33H34N2O4S. The van der Waals surface area contributed by atoms with Crippen LogP contribution in [0.4, 0.5) is 5.69 Å². The normalized spacial score (nSPS) is 12.0. The van der Waals surface area contributed by atoms with Crippen molar-refractivity contribution in [2.45, 2.75) is 62.0 Å². The standard InChI is InChI=1S/C33H34N2O4S/c1-22-16-18-24(19-17-22)40-29-15-8-7-14-27(29)34-32(38)28(20-21-30(36)39-33(2,3)4)35-31(37)26-13-9-11-23-10-5-6-12-25(23)26/h5-19,28H,20-21H2,1-4H3,(H,34,38)(H,35,37)/t28-/m0/s1. The summed E-state index contributed by atoms with van der Waals surface area (Å²) in [4.78, 5) is 41.4. The van der Waals surface area contributed by atoms with Gasteiger partial charge in [-0.1, -0.05) is 78.0 Å². The number of para-hydroxylation sites is 1. The smallest absolute Gasteiger partial charge is 0.306 e. The second-order valence-electron chi connectivity index (χ2n) is 10.6. The third-order valence-corrected chi connectivity index (χ3v) is 7.19. The van der Waals surface area contributed by atoms with Crippen LogP contribution in [0.2, 0.25) is 0 Å². The van der Waals surface area contributed by atoms with Crippen LogP contribution in [0.5, 0.6) is 0 Å². The number of nitrogens with one attached hydrogen (secondary N) is 2. The van der Waals surface area contributed by atoms with Crippen molar-refractivity contribution >= 4 is 46.0 Å². The fourth-order valence-corrected chi connectivity index (χ4v) is 5.10. The van der Waals surface area contributed by atoms with Gasteiger partial charge >= 0.3 is 5.97 Å². The largest absolute Gasteiger partial charge is 0.460 e. The predicted octanol–water partition coefficient (Wildman–Crippen LogP) is 7.16. The fraction of sp³-hybridized carbons (Fsp3) is 0.242. The highest BCUT2D eigenvalue weighted by atomic mass is 32.2. The van der Waals surface area contributed by atoms with Gasteiger partial charge in [0.1, 0.15) is 11.6 Å². The number of anilines is 1. The van der Waals surface area contributed by atoms with Crippen LogP contribution in [-0.2, 0) is 14.3 Å². The summed E-state index contributed by atoms with van der Waals surface area (Å²) in [6.45, 7) is 7.41. The van der Waals surface area contributed by atoms with E-state index in [-0.39, 0.29) is 18.7 Å². The molecule has 0 aliphatic rings. The Morgan fingerprint density at radius 3 is 2.27 bits per heavy atom. The summed E-state index contributed by atoms with van der Waals surface area (Å²) < 4.78 is 5.44. The molecule has 0 heterocycles. The van der Waals surface area contributed by atoms with Gasteiger partial charge in [-0.25, -0.2) is 0 Å². The number of rotatable bonds is 9. The molecular weight excluding hydrogens is 520 g/mol. The first-order valence-electron chi connectivity index (χ1n) is 13.2. The van der Waals surface area contributed by atoms with Crippen LogP contribution >= 0.6 is 11.8 Å². The second-order valence-corrected chi connectivity index (χ2v) is 11.7. The SMILES string of the molecule is Cc1ccc(Sc2ccccc2NC(=O)[C@H](CCC(=O)OC(C)(C)C)NC(=O)c2cccc3ccccc23)cc1. The summed E-state index contributed by atoms with van der Waals surface area (Å²) in [6.07, 6.45) is 0.0649. The monoisotopic (exact) mass is 554 g/mol. The Hall–Kier alpha value is -4.10. The summed E-state index contributed by atoms with van der Waals surface area (Å²) in [6, 6.07) is 27.8. The maximum Gasteiger partial charge on any atom is 0.306 e. The molecule has 4 aromatic carbocycles. The first-order chi connectivity index (χ1) is 19.1. The Morgan fingerprint density at radius 1 is 0.850 bits per heavy atom. The lowest BCUT2D eigenvalue weighted by Gasteiger charge is -2.22. The molecule has 0 fully saturated rings. The number of hydrogen-bond donors (Lipinski definition) is 2. The zero-order valence-corrected chi connectivity index (χ0v) is 24.0. The first kappa shape index (κ1) is 28.9. The summed E-state index contributed by atoms with van der Waals surface area (Å²) in [7, 11) is 0. The van der Waals surface area contributed by atoms with Crippen LogP contribution in [0.15, 0.2) is 101 Å². The van der Waals surface area contributed by atoms with E-state index in [1.807, 2.05) is 91.9 Å². The number of amides is 2. The Labute approximate surface area is 239 Å². The van der Waals surface area contributed by atoms with Gasteiger partial charge in [-0.15, -0.1) is 0 Å². The minimum atomic E-state index is -0.962. The minimum Gasteiger partial charge on any atom is -0.460 e. The number of hydrogen-bond acceptors (Lipinski definition) is 5. The molecule has 4 aromatic rings. The molecule has 206 valence electrons. The summed E-state index contributed by atoms with van der Waals surface area (Å²) >= 11 is 1.54. The molecule has 0 aromatic heterocycles. The van der Waals surface area contributed by atoms with Gasteiger partial charge in [0, 0.05) is 21.8 Å². The Kier molecular flexibility index (Phi) is 9.27. The number of ether oxygens (including phenoxy) is 1. The van der Waals surface area contributed by atoms with Crippen molar-refractivity contribution in [2.75, 3.05) is 5.32 Å². The molecule has 0 spiro atoms. The van der Waals surface area contributed by atoms with Crippen LogP contribution in [-0.4, -0.2) is 29.4 Å². The molecule has 0 unspecified atom stereocenters. The zero-order chi connectivity index (χ0) is 28.7. The van der Waals surface area contributed by atoms with E-state index in [9.17, 15) is 14.4 Å². The van der Waals surface area contributed by atoms with Crippen LogP contribution in [0.25, 0.3) is 10.8 Å². The average molecular weight is 555 g/mol. The van der Waals surface area contributed by atoms with Crippen molar-refractivity contribution in [2.24, 2.45) is 0 Å². The van der Waals surface area contributed by atoms with E-state index in [1.54, 1.807) is 26.8 Å². The van der Waals surface area contributed by atoms with E-state index in [0.717, 1.165) is 20.6 Å². The van der Waals surface area contributed by atoms with E-state index in [2.05, 4.69) is 10.6 Å². The minimum absolute atomic E-state index is 0.0229. The maximum absolute atomic E-state index is 13.6. The molecule has 40 heavy (non-hydrogen) atoms. The van der Waals surface area contributed by atoms with Crippen molar-refractivity contribution in [1.82, 2.24) is 5.32 Å². The number of carbonyl (C=O) groups is 3. The highest BCUT2D eigenvalue weighted by molar-refractivity contribution is 7.99. The number of aryl methyl sites for hydroxylation is 1. The molecule has 0 bridgehead atoms. The molecule has 0 aliphatic heterocycles. The molecule has 4 rings (SSSR count). The molecule has 1 atom stereocenters. The molecule has 0 radical (unpaired) electrons. The predicted molar refractivity (Wildman–Crippen MR) is 161 cm³/mol. The second kappa shape index (κ2) is 12.8. The van der Waals surface area contributed by atoms with Crippen molar-refractivity contribution < 1.29 is 19.1 Å². The Bertz CT molecular complexity index is 1500. The fourth-order valence-electron chi connectivity index (χ4n) is 4.19. The van der Waals surface area contributed by atoms with Gasteiger partial charge < -0.3 is 15.4 Å². The molecule has 7 heteroatoms. The highest BCUT2D eigenvalue weighted by Crippen LogP contribution is 2.33. The van der Waals surface area contributed by atoms with Crippen molar-refractivity contribution in [3.8, 4) is 0 Å². The highest BCUT2D eigenvalue weighted by Gasteiger charge is 2.26. The summed E-state index contributed by atoms with van der Waals surface area (Å²) in [5, 5.41) is 7.56. The molecule has 6 nitrogen and oxygen atoms in total. The van der Waals surface area contributed by atoms with Gasteiger partial charge in [-0.2, -0.15) is 0 Å². The molecule has 2 amide bonds. The van der Waals surface area contributed by atoms with Gasteiger partial charge in [-0.3, -0.25) is 14.4 Å². The molecule has 0 aliphatic carbocycles. The van der Waals surface area contributed by atoms with Crippen molar-refractivity contribution in [3.63, 3.8) is 0 Å². The van der Waals surface area contributed by atoms with Gasteiger partial charge in [0.05, 0.1) is 5.69 Å². The van der Waals surface area contributed by atoms with E-state index < -0.39 is 23.5 Å². The van der Waals surface area contributed by atoms with Crippen molar-refractivity contribution in [1.29, 1.82) is 0 Å².